The Morgan fingerprint density at radius 2 is 1.92 bits per heavy atom. The van der Waals surface area contributed by atoms with Crippen molar-refractivity contribution in [3.05, 3.63) is 58.1 Å². The fraction of sp³-hybridized carbons (Fsp3) is 0.176. The van der Waals surface area contributed by atoms with Crippen molar-refractivity contribution in [3.8, 4) is 11.5 Å². The maximum absolute atomic E-state index is 12.1. The second kappa shape index (κ2) is 7.97. The standard InChI is InChI=1S/C17H16N2O7/c1-10(16(21)18-13-5-3-4-6-14(13)19(23)24)26-17(22)12-8-7-11(25-2)9-15(12)20/h3-10,20H,1-2H3,(H,18,21)/t10-/m1/s1. The number of nitro groups is 1. The number of carbonyl (C=O) groups is 2. The molecular weight excluding hydrogens is 344 g/mol. The zero-order chi connectivity index (χ0) is 19.3. The van der Waals surface area contributed by atoms with Gasteiger partial charge < -0.3 is 19.9 Å². The van der Waals surface area contributed by atoms with Crippen molar-refractivity contribution in [2.24, 2.45) is 0 Å². The number of para-hydroxylation sites is 2. The van der Waals surface area contributed by atoms with Crippen LogP contribution in [0, 0.1) is 10.1 Å². The van der Waals surface area contributed by atoms with Crippen LogP contribution in [0.25, 0.3) is 0 Å². The number of anilines is 1. The third kappa shape index (κ3) is 4.26. The largest absolute Gasteiger partial charge is 0.507 e. The van der Waals surface area contributed by atoms with E-state index in [1.165, 1.54) is 56.5 Å². The summed E-state index contributed by atoms with van der Waals surface area (Å²) in [4.78, 5) is 34.6. The van der Waals surface area contributed by atoms with E-state index in [1.54, 1.807) is 0 Å². The molecule has 136 valence electrons. The second-order valence-electron chi connectivity index (χ2n) is 5.19. The van der Waals surface area contributed by atoms with Gasteiger partial charge in [0.05, 0.1) is 12.0 Å². The number of phenols is 1. The van der Waals surface area contributed by atoms with Gasteiger partial charge in [0, 0.05) is 12.1 Å². The van der Waals surface area contributed by atoms with E-state index < -0.39 is 22.9 Å². The lowest BCUT2D eigenvalue weighted by atomic mass is 10.2. The summed E-state index contributed by atoms with van der Waals surface area (Å²) >= 11 is 0. The van der Waals surface area contributed by atoms with E-state index in [0.717, 1.165) is 0 Å². The van der Waals surface area contributed by atoms with Gasteiger partial charge in [-0.3, -0.25) is 14.9 Å². The number of carbonyl (C=O) groups excluding carboxylic acids is 2. The molecule has 0 heterocycles. The number of hydrogen-bond acceptors (Lipinski definition) is 7. The number of benzene rings is 2. The first-order valence-corrected chi connectivity index (χ1v) is 7.45. The summed E-state index contributed by atoms with van der Waals surface area (Å²) < 4.78 is 9.92. The van der Waals surface area contributed by atoms with Crippen molar-refractivity contribution in [2.45, 2.75) is 13.0 Å². The zero-order valence-corrected chi connectivity index (χ0v) is 14.0. The third-order valence-corrected chi connectivity index (χ3v) is 3.44. The molecule has 2 aromatic carbocycles. The first-order valence-electron chi connectivity index (χ1n) is 7.45. The van der Waals surface area contributed by atoms with Gasteiger partial charge in [-0.15, -0.1) is 0 Å². The molecule has 0 unspecified atom stereocenters. The van der Waals surface area contributed by atoms with Crippen LogP contribution in [-0.2, 0) is 9.53 Å². The molecule has 0 radical (unpaired) electrons. The van der Waals surface area contributed by atoms with E-state index in [-0.39, 0.29) is 22.7 Å². The fourth-order valence-corrected chi connectivity index (χ4v) is 2.06. The molecule has 2 N–H and O–H groups in total. The first kappa shape index (κ1) is 18.7. The molecule has 2 rings (SSSR count). The second-order valence-corrected chi connectivity index (χ2v) is 5.19. The molecule has 0 aromatic heterocycles. The number of nitrogens with zero attached hydrogens (tertiary/aromatic N) is 1. The summed E-state index contributed by atoms with van der Waals surface area (Å²) in [5, 5.41) is 23.1. The average Bonchev–Trinajstić information content (AvgIpc) is 2.61. The molecule has 0 saturated carbocycles. The summed E-state index contributed by atoms with van der Waals surface area (Å²) in [5.74, 6) is -1.68. The van der Waals surface area contributed by atoms with E-state index in [1.807, 2.05) is 0 Å². The summed E-state index contributed by atoms with van der Waals surface area (Å²) in [6.45, 7) is 1.31. The van der Waals surface area contributed by atoms with Crippen molar-refractivity contribution < 1.29 is 29.1 Å². The van der Waals surface area contributed by atoms with Crippen LogP contribution in [0.5, 0.6) is 11.5 Å². The molecule has 1 atom stereocenters. The van der Waals surface area contributed by atoms with E-state index in [4.69, 9.17) is 9.47 Å². The van der Waals surface area contributed by atoms with Gasteiger partial charge in [0.1, 0.15) is 22.7 Å². The number of rotatable bonds is 6. The third-order valence-electron chi connectivity index (χ3n) is 3.44. The lowest BCUT2D eigenvalue weighted by molar-refractivity contribution is -0.383. The van der Waals surface area contributed by atoms with E-state index in [2.05, 4.69) is 5.32 Å². The lowest BCUT2D eigenvalue weighted by Gasteiger charge is -2.14. The van der Waals surface area contributed by atoms with Crippen LogP contribution >= 0.6 is 0 Å². The molecule has 0 aliphatic rings. The molecule has 26 heavy (non-hydrogen) atoms. The quantitative estimate of drug-likeness (QED) is 0.460. The van der Waals surface area contributed by atoms with Crippen LogP contribution in [-0.4, -0.2) is 35.1 Å². The number of nitro benzene ring substituents is 1. The molecule has 9 nitrogen and oxygen atoms in total. The smallest absolute Gasteiger partial charge is 0.342 e. The van der Waals surface area contributed by atoms with E-state index in [9.17, 15) is 24.8 Å². The van der Waals surface area contributed by atoms with E-state index >= 15 is 0 Å². The Hall–Kier alpha value is -3.62. The van der Waals surface area contributed by atoms with Crippen LogP contribution in [0.2, 0.25) is 0 Å². The average molecular weight is 360 g/mol. The van der Waals surface area contributed by atoms with Gasteiger partial charge in [-0.25, -0.2) is 4.79 Å². The number of methoxy groups -OCH3 is 1. The highest BCUT2D eigenvalue weighted by Crippen LogP contribution is 2.25. The van der Waals surface area contributed by atoms with Crippen molar-refractivity contribution in [1.82, 2.24) is 0 Å². The highest BCUT2D eigenvalue weighted by atomic mass is 16.6. The van der Waals surface area contributed by atoms with Crippen LogP contribution < -0.4 is 10.1 Å². The Morgan fingerprint density at radius 3 is 2.54 bits per heavy atom. The predicted octanol–water partition coefficient (Wildman–Crippen LogP) is 2.49. The predicted molar refractivity (Wildman–Crippen MR) is 91.3 cm³/mol. The fourth-order valence-electron chi connectivity index (χ4n) is 2.06. The maximum Gasteiger partial charge on any atom is 0.342 e. The monoisotopic (exact) mass is 360 g/mol. The summed E-state index contributed by atoms with van der Waals surface area (Å²) in [6.07, 6.45) is -1.25. The summed E-state index contributed by atoms with van der Waals surface area (Å²) in [6, 6.07) is 9.56. The van der Waals surface area contributed by atoms with Crippen LogP contribution in [0.4, 0.5) is 11.4 Å². The van der Waals surface area contributed by atoms with E-state index in [0.29, 0.717) is 5.75 Å². The number of nitrogens with one attached hydrogen (secondary N) is 1. The Bertz CT molecular complexity index is 851. The number of aromatic hydroxyl groups is 1. The van der Waals surface area contributed by atoms with Gasteiger partial charge in [0.15, 0.2) is 6.10 Å². The van der Waals surface area contributed by atoms with Gasteiger partial charge in [-0.1, -0.05) is 12.1 Å². The molecule has 0 spiro atoms. The maximum atomic E-state index is 12.1. The van der Waals surface area contributed by atoms with Crippen molar-refractivity contribution in [1.29, 1.82) is 0 Å². The highest BCUT2D eigenvalue weighted by Gasteiger charge is 2.23. The Kier molecular flexibility index (Phi) is 5.74. The minimum atomic E-state index is -1.25. The number of amides is 1. The molecule has 2 aromatic rings. The van der Waals surface area contributed by atoms with Gasteiger partial charge in [-0.05, 0) is 25.1 Å². The number of hydrogen-bond donors (Lipinski definition) is 2. The van der Waals surface area contributed by atoms with Crippen LogP contribution in [0.15, 0.2) is 42.5 Å². The molecule has 0 saturated heterocycles. The van der Waals surface area contributed by atoms with Gasteiger partial charge >= 0.3 is 5.97 Å². The molecule has 0 aliphatic carbocycles. The summed E-state index contributed by atoms with van der Waals surface area (Å²) in [7, 11) is 1.40. The van der Waals surface area contributed by atoms with Crippen molar-refractivity contribution in [2.75, 3.05) is 12.4 Å². The number of esters is 1. The minimum Gasteiger partial charge on any atom is -0.507 e. The molecule has 1 amide bonds. The first-order chi connectivity index (χ1) is 12.3. The van der Waals surface area contributed by atoms with Crippen molar-refractivity contribution >= 4 is 23.3 Å². The minimum absolute atomic E-state index is 0.0160. The lowest BCUT2D eigenvalue weighted by Crippen LogP contribution is -2.30. The van der Waals surface area contributed by atoms with Crippen molar-refractivity contribution in [3.63, 3.8) is 0 Å². The molecule has 9 heteroatoms. The van der Waals surface area contributed by atoms with Crippen LogP contribution in [0.3, 0.4) is 0 Å². The number of ether oxygens (including phenoxy) is 2. The SMILES string of the molecule is COc1ccc(C(=O)O[C@H](C)C(=O)Nc2ccccc2[N+](=O)[O-])c(O)c1. The number of phenolic OH excluding ortho intramolecular Hbond substituents is 1. The molecule has 0 bridgehead atoms. The summed E-state index contributed by atoms with van der Waals surface area (Å²) in [5.41, 5.74) is -0.444. The normalized spacial score (nSPS) is 11.3. The van der Waals surface area contributed by atoms with Gasteiger partial charge in [-0.2, -0.15) is 0 Å². The Morgan fingerprint density at radius 1 is 1.23 bits per heavy atom. The van der Waals surface area contributed by atoms with Gasteiger partial charge in [0.2, 0.25) is 0 Å². The highest BCUT2D eigenvalue weighted by molar-refractivity contribution is 5.99. The molecule has 0 aliphatic heterocycles. The van der Waals surface area contributed by atoms with Gasteiger partial charge in [0.25, 0.3) is 11.6 Å². The topological polar surface area (TPSA) is 128 Å². The zero-order valence-electron chi connectivity index (χ0n) is 14.0. The Labute approximate surface area is 148 Å². The Balaban J connectivity index is 2.07. The molecule has 0 fully saturated rings. The van der Waals surface area contributed by atoms with Crippen LogP contribution in [0.1, 0.15) is 17.3 Å². The molecular formula is C17H16N2O7.